The van der Waals surface area contributed by atoms with Crippen LogP contribution in [0.25, 0.3) is 5.69 Å². The second kappa shape index (κ2) is 9.78. The van der Waals surface area contributed by atoms with E-state index in [0.717, 1.165) is 23.5 Å². The van der Waals surface area contributed by atoms with Crippen LogP contribution in [0.2, 0.25) is 0 Å². The highest BCUT2D eigenvalue weighted by molar-refractivity contribution is 7.80. The Kier molecular flexibility index (Phi) is 6.51. The summed E-state index contributed by atoms with van der Waals surface area (Å²) in [6, 6.07) is 19.1. The van der Waals surface area contributed by atoms with Gasteiger partial charge in [-0.1, -0.05) is 12.1 Å². The number of thiocarbonyl (C=S) groups is 1. The van der Waals surface area contributed by atoms with E-state index in [1.165, 1.54) is 6.07 Å². The van der Waals surface area contributed by atoms with E-state index in [4.69, 9.17) is 21.7 Å². The fourth-order valence-corrected chi connectivity index (χ4v) is 4.94. The van der Waals surface area contributed by atoms with E-state index in [1.54, 1.807) is 55.4 Å². The van der Waals surface area contributed by atoms with Crippen molar-refractivity contribution in [2.75, 3.05) is 19.1 Å². The number of benzene rings is 2. The predicted octanol–water partition coefficient (Wildman–Crippen LogP) is 6.09. The molecule has 0 aliphatic carbocycles. The van der Waals surface area contributed by atoms with Gasteiger partial charge in [-0.25, -0.2) is 0 Å². The topological polar surface area (TPSA) is 51.5 Å². The van der Waals surface area contributed by atoms with Crippen molar-refractivity contribution >= 4 is 23.0 Å². The van der Waals surface area contributed by atoms with Crippen molar-refractivity contribution in [2.24, 2.45) is 0 Å². The molecule has 0 radical (unpaired) electrons. The molecule has 0 saturated carbocycles. The van der Waals surface area contributed by atoms with Crippen LogP contribution in [0.5, 0.6) is 11.5 Å². The number of anilines is 1. The lowest BCUT2D eigenvalue weighted by atomic mass is 10.0. The Balaban J connectivity index is 1.68. The van der Waals surface area contributed by atoms with Gasteiger partial charge in [-0.3, -0.25) is 4.98 Å². The number of alkyl halides is 3. The van der Waals surface area contributed by atoms with Crippen molar-refractivity contribution in [1.82, 2.24) is 14.9 Å². The number of halogens is 3. The minimum atomic E-state index is -4.46. The fourth-order valence-electron chi connectivity index (χ4n) is 4.60. The van der Waals surface area contributed by atoms with Crippen LogP contribution in [0, 0.1) is 0 Å². The highest BCUT2D eigenvalue weighted by Gasteiger charge is 2.43. The number of hydrogen-bond acceptors (Lipinski definition) is 4. The largest absolute Gasteiger partial charge is 0.497 e. The molecule has 1 aliphatic heterocycles. The first kappa shape index (κ1) is 24.6. The van der Waals surface area contributed by atoms with E-state index in [0.29, 0.717) is 28.0 Å². The zero-order valence-corrected chi connectivity index (χ0v) is 20.8. The minimum absolute atomic E-state index is 0.383. The number of rotatable bonds is 6. The van der Waals surface area contributed by atoms with E-state index in [1.807, 2.05) is 35.2 Å². The summed E-state index contributed by atoms with van der Waals surface area (Å²) in [5, 5.41) is 3.80. The molecule has 2 atom stereocenters. The minimum Gasteiger partial charge on any atom is -0.497 e. The molecule has 1 N–H and O–H groups in total. The van der Waals surface area contributed by atoms with Gasteiger partial charge in [0.1, 0.15) is 17.5 Å². The van der Waals surface area contributed by atoms with Gasteiger partial charge in [0.2, 0.25) is 0 Å². The number of hydrogen-bond donors (Lipinski definition) is 1. The van der Waals surface area contributed by atoms with Crippen LogP contribution in [0.4, 0.5) is 18.9 Å². The summed E-state index contributed by atoms with van der Waals surface area (Å²) in [5.74, 6) is 1.15. The van der Waals surface area contributed by atoms with Gasteiger partial charge in [-0.2, -0.15) is 13.2 Å². The Morgan fingerprint density at radius 2 is 1.78 bits per heavy atom. The van der Waals surface area contributed by atoms with Crippen LogP contribution in [0.1, 0.15) is 29.0 Å². The van der Waals surface area contributed by atoms with Crippen molar-refractivity contribution in [3.05, 3.63) is 102 Å². The van der Waals surface area contributed by atoms with E-state index in [2.05, 4.69) is 10.3 Å². The third-order valence-corrected chi connectivity index (χ3v) is 6.59. The molecule has 0 bridgehead atoms. The molecule has 37 heavy (non-hydrogen) atoms. The molecular formula is C27H23F3N4O2S. The Bertz CT molecular complexity index is 1420. The van der Waals surface area contributed by atoms with Gasteiger partial charge in [0, 0.05) is 29.8 Å². The molecule has 0 amide bonds. The number of methoxy groups -OCH3 is 2. The summed E-state index contributed by atoms with van der Waals surface area (Å²) >= 11 is 5.79. The van der Waals surface area contributed by atoms with E-state index < -0.39 is 17.8 Å². The first-order valence-corrected chi connectivity index (χ1v) is 11.8. The predicted molar refractivity (Wildman–Crippen MR) is 138 cm³/mol. The monoisotopic (exact) mass is 524 g/mol. The Morgan fingerprint density at radius 3 is 2.49 bits per heavy atom. The second-order valence-corrected chi connectivity index (χ2v) is 8.77. The summed E-state index contributed by atoms with van der Waals surface area (Å²) in [7, 11) is 3.12. The highest BCUT2D eigenvalue weighted by atomic mass is 32.1. The average molecular weight is 525 g/mol. The van der Waals surface area contributed by atoms with Crippen molar-refractivity contribution in [2.45, 2.75) is 18.3 Å². The zero-order valence-electron chi connectivity index (χ0n) is 19.9. The number of pyridine rings is 1. The van der Waals surface area contributed by atoms with Crippen molar-refractivity contribution < 1.29 is 22.6 Å². The summed E-state index contributed by atoms with van der Waals surface area (Å²) in [6.45, 7) is 0. The maximum atomic E-state index is 13.5. The molecule has 10 heteroatoms. The Morgan fingerprint density at radius 1 is 0.946 bits per heavy atom. The third-order valence-electron chi connectivity index (χ3n) is 6.28. The van der Waals surface area contributed by atoms with E-state index in [9.17, 15) is 13.2 Å². The standard InChI is InChI=1S/C27H23F3N4O2S/c1-35-19-11-12-21(23(16-19)36-2)34-25(24(32-26(34)37)20-9-3-4-13-31-20)22-10-6-14-33(22)18-8-5-7-17(15-18)27(28,29)30/h3-16,24-25H,1-2H3,(H,32,37)/t24-,25+/m0/s1. The molecule has 6 nitrogen and oxygen atoms in total. The maximum absolute atomic E-state index is 13.5. The van der Waals surface area contributed by atoms with Crippen LogP contribution in [-0.4, -0.2) is 28.9 Å². The lowest BCUT2D eigenvalue weighted by Gasteiger charge is -2.30. The van der Waals surface area contributed by atoms with Crippen molar-refractivity contribution in [3.63, 3.8) is 0 Å². The molecule has 5 rings (SSSR count). The SMILES string of the molecule is COc1ccc(N2C(=S)N[C@@H](c3ccccn3)[C@H]2c2cccn2-c2cccc(C(F)(F)F)c2)c(OC)c1. The first-order chi connectivity index (χ1) is 17.8. The smallest absolute Gasteiger partial charge is 0.416 e. The Hall–Kier alpha value is -4.05. The van der Waals surface area contributed by atoms with E-state index in [-0.39, 0.29) is 6.04 Å². The van der Waals surface area contributed by atoms with Crippen LogP contribution in [0.3, 0.4) is 0 Å². The summed E-state index contributed by atoms with van der Waals surface area (Å²) in [6.07, 6.45) is -1.02. The quantitative estimate of drug-likeness (QED) is 0.308. The fraction of sp³-hybridized carbons (Fsp3) is 0.185. The molecular weight excluding hydrogens is 501 g/mol. The van der Waals surface area contributed by atoms with Crippen LogP contribution >= 0.6 is 12.2 Å². The van der Waals surface area contributed by atoms with Crippen LogP contribution < -0.4 is 19.7 Å². The molecule has 4 aromatic rings. The number of nitrogens with zero attached hydrogens (tertiary/aromatic N) is 3. The molecule has 0 spiro atoms. The first-order valence-electron chi connectivity index (χ1n) is 11.4. The molecule has 0 unspecified atom stereocenters. The number of aromatic nitrogens is 2. The molecule has 1 aliphatic rings. The molecule has 2 aromatic heterocycles. The van der Waals surface area contributed by atoms with Gasteiger partial charge in [-0.15, -0.1) is 0 Å². The second-order valence-electron chi connectivity index (χ2n) is 8.39. The van der Waals surface area contributed by atoms with Crippen LogP contribution in [-0.2, 0) is 6.18 Å². The highest BCUT2D eigenvalue weighted by Crippen LogP contribution is 2.46. The summed E-state index contributed by atoms with van der Waals surface area (Å²) < 4.78 is 53.3. The van der Waals surface area contributed by atoms with Crippen molar-refractivity contribution in [3.8, 4) is 17.2 Å². The van der Waals surface area contributed by atoms with Gasteiger partial charge in [0.15, 0.2) is 5.11 Å². The lowest BCUT2D eigenvalue weighted by Crippen LogP contribution is -2.30. The lowest BCUT2D eigenvalue weighted by molar-refractivity contribution is -0.137. The van der Waals surface area contributed by atoms with Gasteiger partial charge >= 0.3 is 6.18 Å². The summed E-state index contributed by atoms with van der Waals surface area (Å²) in [4.78, 5) is 6.45. The molecule has 1 fully saturated rings. The third kappa shape index (κ3) is 4.60. The van der Waals surface area contributed by atoms with Gasteiger partial charge in [0.05, 0.1) is 37.2 Å². The molecule has 1 saturated heterocycles. The van der Waals surface area contributed by atoms with Gasteiger partial charge < -0.3 is 24.3 Å². The van der Waals surface area contributed by atoms with Gasteiger partial charge in [0.25, 0.3) is 0 Å². The van der Waals surface area contributed by atoms with Crippen molar-refractivity contribution in [1.29, 1.82) is 0 Å². The van der Waals surface area contributed by atoms with Crippen LogP contribution in [0.15, 0.2) is 85.2 Å². The van der Waals surface area contributed by atoms with Gasteiger partial charge in [-0.05, 0) is 66.8 Å². The number of nitrogens with one attached hydrogen (secondary N) is 1. The normalized spacial score (nSPS) is 17.5. The Labute approximate surface area is 217 Å². The molecule has 3 heterocycles. The average Bonchev–Trinajstić information content (AvgIpc) is 3.52. The zero-order chi connectivity index (χ0) is 26.2. The summed E-state index contributed by atoms with van der Waals surface area (Å²) in [5.41, 5.74) is 1.80. The molecule has 2 aromatic carbocycles. The van der Waals surface area contributed by atoms with E-state index >= 15 is 0 Å². The number of ether oxygens (including phenoxy) is 2. The maximum Gasteiger partial charge on any atom is 0.416 e. The molecule has 190 valence electrons.